The lowest BCUT2D eigenvalue weighted by molar-refractivity contribution is 0.405. The molecule has 19 heavy (non-hydrogen) atoms. The van der Waals surface area contributed by atoms with Crippen LogP contribution in [0.4, 0.5) is 0 Å². The van der Waals surface area contributed by atoms with E-state index in [0.29, 0.717) is 5.92 Å². The molecule has 1 atom stereocenters. The van der Waals surface area contributed by atoms with Crippen molar-refractivity contribution in [3.63, 3.8) is 0 Å². The molecule has 1 unspecified atom stereocenters. The Kier molecular flexibility index (Phi) is 4.78. The molecule has 1 fully saturated rings. The van der Waals surface area contributed by atoms with Gasteiger partial charge in [0.25, 0.3) is 0 Å². The highest BCUT2D eigenvalue weighted by molar-refractivity contribution is 7.99. The minimum atomic E-state index is -0.409. The first-order chi connectivity index (χ1) is 9.20. The lowest BCUT2D eigenvalue weighted by atomic mass is 9.97. The zero-order valence-corrected chi connectivity index (χ0v) is 12.3. The molecule has 0 bridgehead atoms. The van der Waals surface area contributed by atoms with E-state index in [9.17, 15) is 5.26 Å². The summed E-state index contributed by atoms with van der Waals surface area (Å²) in [6, 6.07) is 4.40. The molecule has 0 aromatic carbocycles. The molecule has 1 aromatic heterocycles. The van der Waals surface area contributed by atoms with Gasteiger partial charge in [0.2, 0.25) is 0 Å². The number of nitrogens with zero attached hydrogens (tertiary/aromatic N) is 3. The summed E-state index contributed by atoms with van der Waals surface area (Å²) in [4.78, 5) is 8.64. The van der Waals surface area contributed by atoms with Gasteiger partial charge in [-0.25, -0.2) is 9.97 Å². The van der Waals surface area contributed by atoms with E-state index >= 15 is 0 Å². The van der Waals surface area contributed by atoms with Crippen molar-refractivity contribution >= 4 is 11.8 Å². The van der Waals surface area contributed by atoms with Gasteiger partial charge in [0.1, 0.15) is 5.54 Å². The Hall–Kier alpha value is -1.12. The first-order valence-electron chi connectivity index (χ1n) is 6.79. The van der Waals surface area contributed by atoms with E-state index in [1.165, 1.54) is 0 Å². The van der Waals surface area contributed by atoms with Gasteiger partial charge in [-0.05, 0) is 44.7 Å². The molecule has 2 rings (SSSR count). The van der Waals surface area contributed by atoms with E-state index in [0.717, 1.165) is 42.4 Å². The third-order valence-electron chi connectivity index (χ3n) is 3.37. The summed E-state index contributed by atoms with van der Waals surface area (Å²) < 4.78 is 0. The summed E-state index contributed by atoms with van der Waals surface area (Å²) in [7, 11) is 0. The average molecular weight is 276 g/mol. The number of hydrogen-bond acceptors (Lipinski definition) is 5. The zero-order chi connectivity index (χ0) is 13.7. The number of nitriles is 1. The number of nitrogens with one attached hydrogen (secondary N) is 1. The zero-order valence-electron chi connectivity index (χ0n) is 11.5. The largest absolute Gasteiger partial charge is 0.298 e. The highest BCUT2D eigenvalue weighted by Gasteiger charge is 2.45. The minimum absolute atomic E-state index is 0.409. The van der Waals surface area contributed by atoms with Crippen molar-refractivity contribution in [1.29, 1.82) is 5.26 Å². The number of hydrogen-bond donors (Lipinski definition) is 1. The molecule has 1 saturated carbocycles. The van der Waals surface area contributed by atoms with Crippen LogP contribution < -0.4 is 5.32 Å². The maximum absolute atomic E-state index is 9.58. The molecule has 0 radical (unpaired) electrons. The second-order valence-electron chi connectivity index (χ2n) is 5.05. The smallest absolute Gasteiger partial charge is 0.187 e. The van der Waals surface area contributed by atoms with E-state index in [2.05, 4.69) is 28.3 Å². The second kappa shape index (κ2) is 6.36. The molecule has 1 aliphatic rings. The Morgan fingerprint density at radius 3 is 2.95 bits per heavy atom. The van der Waals surface area contributed by atoms with Gasteiger partial charge < -0.3 is 0 Å². The number of thioether (sulfide) groups is 1. The third kappa shape index (κ3) is 3.68. The van der Waals surface area contributed by atoms with E-state index in [1.54, 1.807) is 18.0 Å². The molecule has 0 amide bonds. The Morgan fingerprint density at radius 2 is 2.37 bits per heavy atom. The molecular weight excluding hydrogens is 256 g/mol. The van der Waals surface area contributed by atoms with Crippen LogP contribution in [-0.4, -0.2) is 27.8 Å². The molecule has 102 valence electrons. The van der Waals surface area contributed by atoms with Crippen molar-refractivity contribution in [2.75, 3.05) is 12.3 Å². The van der Waals surface area contributed by atoms with Gasteiger partial charge in [0.05, 0.1) is 6.07 Å². The quantitative estimate of drug-likeness (QED) is 0.612. The van der Waals surface area contributed by atoms with Crippen molar-refractivity contribution in [2.24, 2.45) is 5.92 Å². The van der Waals surface area contributed by atoms with Crippen molar-refractivity contribution < 1.29 is 0 Å². The summed E-state index contributed by atoms with van der Waals surface area (Å²) in [5.74, 6) is 1.21. The normalized spacial score (nSPS) is 17.7. The van der Waals surface area contributed by atoms with Crippen LogP contribution in [0.15, 0.2) is 17.4 Å². The van der Waals surface area contributed by atoms with Crippen molar-refractivity contribution in [3.8, 4) is 6.07 Å². The van der Waals surface area contributed by atoms with Crippen LogP contribution >= 0.6 is 11.8 Å². The fraction of sp³-hybridized carbons (Fsp3) is 0.643. The predicted molar refractivity (Wildman–Crippen MR) is 76.9 cm³/mol. The summed E-state index contributed by atoms with van der Waals surface area (Å²) >= 11 is 1.58. The van der Waals surface area contributed by atoms with Gasteiger partial charge in [-0.15, -0.1) is 0 Å². The van der Waals surface area contributed by atoms with E-state index < -0.39 is 5.54 Å². The van der Waals surface area contributed by atoms with Gasteiger partial charge in [-0.1, -0.05) is 18.7 Å². The van der Waals surface area contributed by atoms with Crippen LogP contribution in [0.25, 0.3) is 0 Å². The average Bonchev–Trinajstić information content (AvgIpc) is 3.25. The van der Waals surface area contributed by atoms with Crippen LogP contribution in [-0.2, 0) is 0 Å². The maximum atomic E-state index is 9.58. The molecule has 5 heteroatoms. The van der Waals surface area contributed by atoms with Gasteiger partial charge in [0.15, 0.2) is 5.16 Å². The fourth-order valence-electron chi connectivity index (χ4n) is 2.07. The van der Waals surface area contributed by atoms with Crippen LogP contribution in [0.2, 0.25) is 0 Å². The summed E-state index contributed by atoms with van der Waals surface area (Å²) in [6.45, 7) is 4.97. The van der Waals surface area contributed by atoms with Gasteiger partial charge in [0, 0.05) is 17.6 Å². The number of rotatable bonds is 7. The summed E-state index contributed by atoms with van der Waals surface area (Å²) in [5.41, 5.74) is 0.557. The molecule has 0 aliphatic heterocycles. The maximum Gasteiger partial charge on any atom is 0.187 e. The van der Waals surface area contributed by atoms with Crippen molar-refractivity contribution in [3.05, 3.63) is 18.0 Å². The fourth-order valence-corrected chi connectivity index (χ4v) is 3.18. The SMILES string of the molecule is CCCNC(C#N)(CSc1nccc(C)n1)C1CC1. The topological polar surface area (TPSA) is 61.6 Å². The highest BCUT2D eigenvalue weighted by atomic mass is 32.2. The minimum Gasteiger partial charge on any atom is -0.298 e. The van der Waals surface area contributed by atoms with Crippen LogP contribution in [0.5, 0.6) is 0 Å². The van der Waals surface area contributed by atoms with Crippen LogP contribution in [0.1, 0.15) is 31.9 Å². The van der Waals surface area contributed by atoms with Crippen molar-refractivity contribution in [2.45, 2.75) is 43.8 Å². The lowest BCUT2D eigenvalue weighted by Gasteiger charge is -2.27. The van der Waals surface area contributed by atoms with Gasteiger partial charge in [-0.3, -0.25) is 5.32 Å². The summed E-state index contributed by atoms with van der Waals surface area (Å²) in [6.07, 6.45) is 5.12. The number of aryl methyl sites for hydroxylation is 1. The molecule has 1 N–H and O–H groups in total. The Morgan fingerprint density at radius 1 is 1.58 bits per heavy atom. The Labute approximate surface area is 119 Å². The van der Waals surface area contributed by atoms with Gasteiger partial charge >= 0.3 is 0 Å². The third-order valence-corrected chi connectivity index (χ3v) is 4.42. The summed E-state index contributed by atoms with van der Waals surface area (Å²) in [5, 5.41) is 13.8. The Bertz CT molecular complexity index is 467. The molecule has 1 heterocycles. The molecule has 0 spiro atoms. The molecular formula is C14H20N4S. The predicted octanol–water partition coefficient (Wildman–Crippen LogP) is 2.55. The monoisotopic (exact) mass is 276 g/mol. The van der Waals surface area contributed by atoms with Crippen LogP contribution in [0.3, 0.4) is 0 Å². The lowest BCUT2D eigenvalue weighted by Crippen LogP contribution is -2.48. The Balaban J connectivity index is 2.02. The molecule has 1 aromatic rings. The molecule has 4 nitrogen and oxygen atoms in total. The molecule has 0 saturated heterocycles. The first-order valence-corrected chi connectivity index (χ1v) is 7.77. The van der Waals surface area contributed by atoms with Crippen LogP contribution in [0, 0.1) is 24.2 Å². The first kappa shape index (κ1) is 14.3. The van der Waals surface area contributed by atoms with Gasteiger partial charge in [-0.2, -0.15) is 5.26 Å². The van der Waals surface area contributed by atoms with E-state index in [-0.39, 0.29) is 0 Å². The number of aromatic nitrogens is 2. The van der Waals surface area contributed by atoms with E-state index in [4.69, 9.17) is 0 Å². The van der Waals surface area contributed by atoms with E-state index in [1.807, 2.05) is 13.0 Å². The highest BCUT2D eigenvalue weighted by Crippen LogP contribution is 2.41. The van der Waals surface area contributed by atoms with Crippen molar-refractivity contribution in [1.82, 2.24) is 15.3 Å². The second-order valence-corrected chi connectivity index (χ2v) is 6.00. The molecule has 1 aliphatic carbocycles. The standard InChI is InChI=1S/C14H20N4S/c1-3-7-17-14(9-15,12-4-5-12)10-19-13-16-8-6-11(2)18-13/h6,8,12,17H,3-5,7,10H2,1-2H3.